The van der Waals surface area contributed by atoms with Crippen LogP contribution in [0, 0.1) is 0 Å². The van der Waals surface area contributed by atoms with Crippen LogP contribution in [0.4, 0.5) is 0 Å². The number of carbonyl (C=O) groups excluding carboxylic acids is 1. The van der Waals surface area contributed by atoms with Crippen LogP contribution in [0.15, 0.2) is 6.20 Å². The number of ether oxygens (including phenoxy) is 1. The average Bonchev–Trinajstić information content (AvgIpc) is 2.85. The molecule has 1 saturated heterocycles. The number of carboxylic acids is 1. The smallest absolute Gasteiger partial charge is 0.325 e. The van der Waals surface area contributed by atoms with E-state index in [1.54, 1.807) is 12.0 Å². The predicted octanol–water partition coefficient (Wildman–Crippen LogP) is 0.00380. The summed E-state index contributed by atoms with van der Waals surface area (Å²) in [7, 11) is 1.64. The first-order valence-electron chi connectivity index (χ1n) is 6.40. The molecule has 1 unspecified atom stereocenters. The molecule has 0 bridgehead atoms. The Bertz CT molecular complexity index is 515. The van der Waals surface area contributed by atoms with Gasteiger partial charge in [0.05, 0.1) is 11.8 Å². The number of aliphatic carboxylic acids is 1. The van der Waals surface area contributed by atoms with Gasteiger partial charge in [-0.25, -0.2) is 4.68 Å². The molecule has 0 radical (unpaired) electrons. The Morgan fingerprint density at radius 3 is 2.95 bits per heavy atom. The van der Waals surface area contributed by atoms with E-state index in [0.29, 0.717) is 13.1 Å². The fraction of sp³-hybridized carbons (Fsp3) is 0.667. The highest BCUT2D eigenvalue weighted by atomic mass is 16.5. The van der Waals surface area contributed by atoms with Gasteiger partial charge in [0, 0.05) is 20.2 Å². The maximum absolute atomic E-state index is 12.3. The van der Waals surface area contributed by atoms with Crippen LogP contribution in [0.5, 0.6) is 0 Å². The Hall–Kier alpha value is -1.96. The second kappa shape index (κ2) is 5.58. The highest BCUT2D eigenvalue weighted by molar-refractivity contribution is 5.92. The summed E-state index contributed by atoms with van der Waals surface area (Å²) in [5, 5.41) is 16.0. The quantitative estimate of drug-likeness (QED) is 0.835. The van der Waals surface area contributed by atoms with Crippen LogP contribution in [0.1, 0.15) is 30.3 Å². The standard InChI is InChI=1S/C12H18N4O4/c1-12(20-2)4-3-5-15(8-12)11(19)9-6-16(14-13-9)7-10(17)18/h6H,3-5,7-8H2,1-2H3,(H,17,18). The van der Waals surface area contributed by atoms with Crippen molar-refractivity contribution in [2.45, 2.75) is 31.9 Å². The summed E-state index contributed by atoms with van der Waals surface area (Å²) in [6.45, 7) is 2.79. The van der Waals surface area contributed by atoms with Gasteiger partial charge in [-0.3, -0.25) is 9.59 Å². The van der Waals surface area contributed by atoms with Crippen molar-refractivity contribution in [1.82, 2.24) is 19.9 Å². The Labute approximate surface area is 116 Å². The molecule has 2 heterocycles. The lowest BCUT2D eigenvalue weighted by atomic mass is 9.94. The molecular formula is C12H18N4O4. The molecule has 0 aromatic carbocycles. The average molecular weight is 282 g/mol. The highest BCUT2D eigenvalue weighted by Gasteiger charge is 2.34. The van der Waals surface area contributed by atoms with Gasteiger partial charge in [0.2, 0.25) is 0 Å². The highest BCUT2D eigenvalue weighted by Crippen LogP contribution is 2.24. The number of hydrogen-bond donors (Lipinski definition) is 1. The third-order valence-electron chi connectivity index (χ3n) is 3.49. The minimum atomic E-state index is -1.03. The molecule has 2 rings (SSSR count). The van der Waals surface area contributed by atoms with Gasteiger partial charge in [0.25, 0.3) is 5.91 Å². The first-order chi connectivity index (χ1) is 9.43. The first kappa shape index (κ1) is 14.4. The number of likely N-dealkylation sites (tertiary alicyclic amines) is 1. The Balaban J connectivity index is 2.07. The summed E-state index contributed by atoms with van der Waals surface area (Å²) < 4.78 is 6.57. The fourth-order valence-corrected chi connectivity index (χ4v) is 2.32. The number of nitrogens with zero attached hydrogens (tertiary/aromatic N) is 4. The van der Waals surface area contributed by atoms with Gasteiger partial charge in [-0.1, -0.05) is 5.21 Å². The second-order valence-corrected chi connectivity index (χ2v) is 5.18. The molecule has 8 nitrogen and oxygen atoms in total. The van der Waals surface area contributed by atoms with E-state index in [1.807, 2.05) is 6.92 Å². The number of methoxy groups -OCH3 is 1. The van der Waals surface area contributed by atoms with Crippen LogP contribution in [0.25, 0.3) is 0 Å². The normalized spacial score (nSPS) is 22.8. The van der Waals surface area contributed by atoms with Gasteiger partial charge in [-0.15, -0.1) is 5.10 Å². The van der Waals surface area contributed by atoms with Crippen molar-refractivity contribution >= 4 is 11.9 Å². The number of carboxylic acid groups (broad SMARTS) is 1. The van der Waals surface area contributed by atoms with Crippen LogP contribution >= 0.6 is 0 Å². The van der Waals surface area contributed by atoms with Crippen LogP contribution in [0.3, 0.4) is 0 Å². The van der Waals surface area contributed by atoms with Crippen LogP contribution in [-0.4, -0.2) is 62.7 Å². The van der Waals surface area contributed by atoms with Gasteiger partial charge in [0.15, 0.2) is 5.69 Å². The summed E-state index contributed by atoms with van der Waals surface area (Å²) in [5.74, 6) is -1.27. The van der Waals surface area contributed by atoms with Crippen LogP contribution in [-0.2, 0) is 16.1 Å². The molecule has 0 aliphatic carbocycles. The molecule has 1 atom stereocenters. The molecule has 8 heteroatoms. The number of carbonyl (C=O) groups is 2. The maximum atomic E-state index is 12.3. The van der Waals surface area contributed by atoms with Crippen molar-refractivity contribution in [2.24, 2.45) is 0 Å². The molecule has 20 heavy (non-hydrogen) atoms. The first-order valence-corrected chi connectivity index (χ1v) is 6.40. The predicted molar refractivity (Wildman–Crippen MR) is 68.2 cm³/mol. The van der Waals surface area contributed by atoms with E-state index in [2.05, 4.69) is 10.3 Å². The van der Waals surface area contributed by atoms with Crippen molar-refractivity contribution in [3.8, 4) is 0 Å². The molecule has 1 aromatic rings. The summed E-state index contributed by atoms with van der Waals surface area (Å²) in [6.07, 6.45) is 3.12. The van der Waals surface area contributed by atoms with Crippen molar-refractivity contribution in [3.05, 3.63) is 11.9 Å². The zero-order valence-corrected chi connectivity index (χ0v) is 11.6. The topological polar surface area (TPSA) is 97.5 Å². The molecule has 110 valence electrons. The van der Waals surface area contributed by atoms with E-state index in [4.69, 9.17) is 9.84 Å². The lowest BCUT2D eigenvalue weighted by Gasteiger charge is -2.39. The number of piperidine rings is 1. The molecule has 0 spiro atoms. The van der Waals surface area contributed by atoms with Gasteiger partial charge in [-0.05, 0) is 19.8 Å². The zero-order chi connectivity index (χ0) is 14.8. The van der Waals surface area contributed by atoms with Crippen LogP contribution in [0.2, 0.25) is 0 Å². The Morgan fingerprint density at radius 2 is 2.30 bits per heavy atom. The van der Waals surface area contributed by atoms with Gasteiger partial charge < -0.3 is 14.7 Å². The van der Waals surface area contributed by atoms with Gasteiger partial charge in [0.1, 0.15) is 6.54 Å². The number of amides is 1. The van der Waals surface area contributed by atoms with E-state index in [-0.39, 0.29) is 23.7 Å². The van der Waals surface area contributed by atoms with E-state index in [9.17, 15) is 9.59 Å². The van der Waals surface area contributed by atoms with Crippen molar-refractivity contribution in [1.29, 1.82) is 0 Å². The van der Waals surface area contributed by atoms with E-state index in [0.717, 1.165) is 17.5 Å². The van der Waals surface area contributed by atoms with Gasteiger partial charge >= 0.3 is 5.97 Å². The summed E-state index contributed by atoms with van der Waals surface area (Å²) in [6, 6.07) is 0. The molecule has 0 saturated carbocycles. The van der Waals surface area contributed by atoms with E-state index >= 15 is 0 Å². The third-order valence-corrected chi connectivity index (χ3v) is 3.49. The number of aromatic nitrogens is 3. The molecule has 1 amide bonds. The van der Waals surface area contributed by atoms with Gasteiger partial charge in [-0.2, -0.15) is 0 Å². The molecule has 1 N–H and O–H groups in total. The van der Waals surface area contributed by atoms with Crippen LogP contribution < -0.4 is 0 Å². The lowest BCUT2D eigenvalue weighted by Crippen LogP contribution is -2.49. The fourth-order valence-electron chi connectivity index (χ4n) is 2.32. The monoisotopic (exact) mass is 282 g/mol. The van der Waals surface area contributed by atoms with Crippen molar-refractivity contribution in [3.63, 3.8) is 0 Å². The molecule has 1 aliphatic rings. The number of hydrogen-bond acceptors (Lipinski definition) is 5. The SMILES string of the molecule is COC1(C)CCCN(C(=O)c2cn(CC(=O)O)nn2)C1. The molecular weight excluding hydrogens is 264 g/mol. The number of rotatable bonds is 4. The zero-order valence-electron chi connectivity index (χ0n) is 11.6. The minimum absolute atomic E-state index is 0.159. The summed E-state index contributed by atoms with van der Waals surface area (Å²) >= 11 is 0. The van der Waals surface area contributed by atoms with Crippen molar-refractivity contribution in [2.75, 3.05) is 20.2 Å². The second-order valence-electron chi connectivity index (χ2n) is 5.18. The molecule has 1 fully saturated rings. The van der Waals surface area contributed by atoms with E-state index < -0.39 is 5.97 Å². The Kier molecular flexibility index (Phi) is 4.03. The van der Waals surface area contributed by atoms with Crippen molar-refractivity contribution < 1.29 is 19.4 Å². The summed E-state index contributed by atoms with van der Waals surface area (Å²) in [5.41, 5.74) is -0.183. The maximum Gasteiger partial charge on any atom is 0.325 e. The molecule has 1 aliphatic heterocycles. The largest absolute Gasteiger partial charge is 0.480 e. The molecule has 1 aromatic heterocycles. The third kappa shape index (κ3) is 3.13. The lowest BCUT2D eigenvalue weighted by molar-refractivity contribution is -0.137. The Morgan fingerprint density at radius 1 is 1.55 bits per heavy atom. The minimum Gasteiger partial charge on any atom is -0.480 e. The summed E-state index contributed by atoms with van der Waals surface area (Å²) in [4.78, 5) is 24.6. The van der Waals surface area contributed by atoms with E-state index in [1.165, 1.54) is 6.20 Å².